The highest BCUT2D eigenvalue weighted by atomic mass is 79.9. The van der Waals surface area contributed by atoms with E-state index in [9.17, 15) is 14.9 Å². The number of aromatic nitrogens is 3. The molecule has 0 bridgehead atoms. The number of hydrogen-bond acceptors (Lipinski definition) is 8. The lowest BCUT2D eigenvalue weighted by molar-refractivity contribution is -0.384. The number of amides is 1. The molecule has 0 fully saturated rings. The first kappa shape index (κ1) is 21.6. The molecule has 0 radical (unpaired) electrons. The molecule has 3 N–H and O–H groups in total. The molecule has 1 aromatic heterocycles. The smallest absolute Gasteiger partial charge is 0.271 e. The highest BCUT2D eigenvalue weighted by Gasteiger charge is 2.22. The average Bonchev–Trinajstić information content (AvgIpc) is 3.08. The molecule has 0 saturated carbocycles. The number of methoxy groups -OCH3 is 1. The topological polar surface area (TPSA) is 138 Å². The fraction of sp³-hybridized carbons (Fsp3) is 0.167. The van der Waals surface area contributed by atoms with Gasteiger partial charge in [0.2, 0.25) is 11.1 Å². The van der Waals surface area contributed by atoms with E-state index in [1.807, 2.05) is 24.3 Å². The van der Waals surface area contributed by atoms with E-state index >= 15 is 0 Å². The molecular weight excluding hydrogens is 476 g/mol. The summed E-state index contributed by atoms with van der Waals surface area (Å²) in [6.07, 6.45) is 0. The number of nitrogens with zero attached hydrogens (tertiary/aromatic N) is 4. The van der Waals surface area contributed by atoms with E-state index in [4.69, 9.17) is 10.6 Å². The summed E-state index contributed by atoms with van der Waals surface area (Å²) in [6.45, 7) is 1.66. The quantitative estimate of drug-likeness (QED) is 0.221. The van der Waals surface area contributed by atoms with Crippen molar-refractivity contribution in [2.24, 2.45) is 0 Å². The normalized spacial score (nSPS) is 11.7. The average molecular weight is 493 g/mol. The molecule has 1 amide bonds. The third kappa shape index (κ3) is 4.54. The number of anilines is 1. The number of nitro groups is 1. The van der Waals surface area contributed by atoms with Crippen LogP contribution in [0, 0.1) is 10.1 Å². The van der Waals surface area contributed by atoms with Crippen LogP contribution in [0.2, 0.25) is 0 Å². The van der Waals surface area contributed by atoms with Crippen LogP contribution in [-0.4, -0.2) is 38.1 Å². The third-order valence-corrected chi connectivity index (χ3v) is 5.83. The Bertz CT molecular complexity index is 1110. The minimum absolute atomic E-state index is 0.161. The van der Waals surface area contributed by atoms with Gasteiger partial charge < -0.3 is 15.9 Å². The first-order valence-electron chi connectivity index (χ1n) is 8.57. The number of hydrogen-bond donors (Lipinski definition) is 2. The second kappa shape index (κ2) is 9.13. The van der Waals surface area contributed by atoms with Crippen LogP contribution in [-0.2, 0) is 4.79 Å². The van der Waals surface area contributed by atoms with Gasteiger partial charge in [0.15, 0.2) is 5.82 Å². The molecule has 1 unspecified atom stereocenters. The van der Waals surface area contributed by atoms with Crippen molar-refractivity contribution in [2.75, 3.05) is 18.3 Å². The Balaban J connectivity index is 1.77. The molecule has 3 aromatic rings. The van der Waals surface area contributed by atoms with Crippen molar-refractivity contribution in [3.8, 4) is 17.1 Å². The number of nitro benzene ring substituents is 1. The number of halogens is 1. The van der Waals surface area contributed by atoms with Crippen molar-refractivity contribution in [1.29, 1.82) is 0 Å². The number of nitrogens with one attached hydrogen (secondary N) is 1. The van der Waals surface area contributed by atoms with Crippen molar-refractivity contribution in [2.45, 2.75) is 17.3 Å². The van der Waals surface area contributed by atoms with E-state index < -0.39 is 16.1 Å². The summed E-state index contributed by atoms with van der Waals surface area (Å²) in [4.78, 5) is 23.1. The highest BCUT2D eigenvalue weighted by Crippen LogP contribution is 2.32. The molecule has 3 rings (SSSR count). The Morgan fingerprint density at radius 3 is 2.73 bits per heavy atom. The molecule has 2 aromatic carbocycles. The molecule has 156 valence electrons. The van der Waals surface area contributed by atoms with Gasteiger partial charge in [-0.1, -0.05) is 39.8 Å². The van der Waals surface area contributed by atoms with Gasteiger partial charge in [0.25, 0.3) is 5.69 Å². The van der Waals surface area contributed by atoms with Gasteiger partial charge in [-0.2, -0.15) is 0 Å². The monoisotopic (exact) mass is 492 g/mol. The largest absolute Gasteiger partial charge is 0.495 e. The number of carbonyl (C=O) groups is 1. The Hall–Kier alpha value is -3.12. The lowest BCUT2D eigenvalue weighted by Crippen LogP contribution is -2.24. The van der Waals surface area contributed by atoms with Gasteiger partial charge in [-0.25, -0.2) is 4.68 Å². The van der Waals surface area contributed by atoms with Gasteiger partial charge in [0.1, 0.15) is 5.75 Å². The lowest BCUT2D eigenvalue weighted by atomic mass is 10.2. The number of non-ortho nitro benzene ring substituents is 1. The first-order valence-corrected chi connectivity index (χ1v) is 10.2. The summed E-state index contributed by atoms with van der Waals surface area (Å²) in [5.74, 6) is 6.48. The van der Waals surface area contributed by atoms with Crippen LogP contribution in [0.15, 0.2) is 52.1 Å². The van der Waals surface area contributed by atoms with Gasteiger partial charge >= 0.3 is 0 Å². The van der Waals surface area contributed by atoms with E-state index in [2.05, 4.69) is 31.4 Å². The number of carbonyl (C=O) groups excluding carboxylic acids is 1. The predicted molar refractivity (Wildman–Crippen MR) is 117 cm³/mol. The minimum atomic E-state index is -0.618. The van der Waals surface area contributed by atoms with Crippen molar-refractivity contribution in [3.05, 3.63) is 57.1 Å². The van der Waals surface area contributed by atoms with E-state index in [0.29, 0.717) is 16.7 Å². The summed E-state index contributed by atoms with van der Waals surface area (Å²) < 4.78 is 7.28. The van der Waals surface area contributed by atoms with Crippen LogP contribution < -0.4 is 15.9 Å². The Kier molecular flexibility index (Phi) is 6.57. The van der Waals surface area contributed by atoms with Gasteiger partial charge in [0, 0.05) is 22.2 Å². The number of benzene rings is 2. The van der Waals surface area contributed by atoms with Crippen LogP contribution in [0.25, 0.3) is 11.4 Å². The number of nitrogen functional groups attached to an aromatic ring is 1. The van der Waals surface area contributed by atoms with E-state index in [1.165, 1.54) is 30.0 Å². The zero-order chi connectivity index (χ0) is 21.8. The van der Waals surface area contributed by atoms with Crippen LogP contribution in [0.3, 0.4) is 0 Å². The number of ether oxygens (including phenoxy) is 1. The molecule has 10 nitrogen and oxygen atoms in total. The summed E-state index contributed by atoms with van der Waals surface area (Å²) in [5.41, 5.74) is 0.802. The van der Waals surface area contributed by atoms with Crippen molar-refractivity contribution < 1.29 is 14.5 Å². The predicted octanol–water partition coefficient (Wildman–Crippen LogP) is 3.46. The fourth-order valence-electron chi connectivity index (χ4n) is 2.54. The summed E-state index contributed by atoms with van der Waals surface area (Å²) >= 11 is 4.55. The second-order valence-corrected chi connectivity index (χ2v) is 8.21. The molecule has 12 heteroatoms. The standard InChI is InChI=1S/C18H17BrN6O4S/c1-10(17(26)21-14-9-11(25(27)28)7-8-15(14)29-2)30-18-23-22-16(24(18)20)12-5-3-4-6-13(12)19/h3-10H,20H2,1-2H3,(H,21,26). The Morgan fingerprint density at radius 2 is 2.07 bits per heavy atom. The molecule has 0 spiro atoms. The minimum Gasteiger partial charge on any atom is -0.495 e. The second-order valence-electron chi connectivity index (χ2n) is 6.05. The summed E-state index contributed by atoms with van der Waals surface area (Å²) in [6, 6.07) is 11.4. The zero-order valence-electron chi connectivity index (χ0n) is 15.9. The van der Waals surface area contributed by atoms with Gasteiger partial charge in [-0.15, -0.1) is 10.2 Å². The van der Waals surface area contributed by atoms with E-state index in [-0.39, 0.29) is 11.4 Å². The molecule has 30 heavy (non-hydrogen) atoms. The number of nitrogens with two attached hydrogens (primary N) is 1. The van der Waals surface area contributed by atoms with Crippen molar-refractivity contribution in [1.82, 2.24) is 14.9 Å². The molecule has 0 aliphatic rings. The molecule has 1 atom stereocenters. The zero-order valence-corrected chi connectivity index (χ0v) is 18.3. The van der Waals surface area contributed by atoms with E-state index in [0.717, 1.165) is 21.8 Å². The molecule has 0 saturated heterocycles. The van der Waals surface area contributed by atoms with Gasteiger partial charge in [0.05, 0.1) is 23.0 Å². The molecular formula is C18H17BrN6O4S. The van der Waals surface area contributed by atoms with Gasteiger partial charge in [-0.3, -0.25) is 14.9 Å². The number of rotatable bonds is 7. The van der Waals surface area contributed by atoms with Crippen molar-refractivity contribution in [3.63, 3.8) is 0 Å². The third-order valence-electron chi connectivity index (χ3n) is 4.08. The lowest BCUT2D eigenvalue weighted by Gasteiger charge is -2.14. The summed E-state index contributed by atoms with van der Waals surface area (Å²) in [7, 11) is 1.41. The Morgan fingerprint density at radius 1 is 1.33 bits per heavy atom. The fourth-order valence-corrected chi connectivity index (χ4v) is 3.77. The maximum atomic E-state index is 12.6. The van der Waals surface area contributed by atoms with Crippen LogP contribution in [0.5, 0.6) is 5.75 Å². The van der Waals surface area contributed by atoms with Crippen LogP contribution >= 0.6 is 27.7 Å². The van der Waals surface area contributed by atoms with Crippen LogP contribution in [0.1, 0.15) is 6.92 Å². The van der Waals surface area contributed by atoms with Gasteiger partial charge in [-0.05, 0) is 25.1 Å². The molecule has 1 heterocycles. The molecule has 0 aliphatic carbocycles. The van der Waals surface area contributed by atoms with E-state index in [1.54, 1.807) is 6.92 Å². The maximum Gasteiger partial charge on any atom is 0.271 e. The highest BCUT2D eigenvalue weighted by molar-refractivity contribution is 9.10. The van der Waals surface area contributed by atoms with Crippen LogP contribution in [0.4, 0.5) is 11.4 Å². The molecule has 0 aliphatic heterocycles. The SMILES string of the molecule is COc1ccc([N+](=O)[O-])cc1NC(=O)C(C)Sc1nnc(-c2ccccc2Br)n1N. The maximum absolute atomic E-state index is 12.6. The first-order chi connectivity index (χ1) is 14.3. The van der Waals surface area contributed by atoms with Crippen molar-refractivity contribution >= 4 is 45.0 Å². The Labute approximate surface area is 184 Å². The number of thioether (sulfide) groups is 1. The summed E-state index contributed by atoms with van der Waals surface area (Å²) in [5, 5.41) is 21.6.